The van der Waals surface area contributed by atoms with Crippen molar-refractivity contribution in [2.45, 2.75) is 20.3 Å². The highest BCUT2D eigenvalue weighted by Gasteiger charge is 2.26. The molecule has 0 bridgehead atoms. The molecule has 0 aliphatic rings. The van der Waals surface area contributed by atoms with Crippen molar-refractivity contribution in [1.29, 1.82) is 0 Å². The summed E-state index contributed by atoms with van der Waals surface area (Å²) in [5.41, 5.74) is 4.42. The molecule has 0 aliphatic heterocycles. The summed E-state index contributed by atoms with van der Waals surface area (Å²) in [5.74, 6) is 2.25. The lowest BCUT2D eigenvalue weighted by molar-refractivity contribution is 0.0374. The predicted octanol–water partition coefficient (Wildman–Crippen LogP) is 0.857. The number of nitrogens with two attached hydrogens (primary N) is 1. The first kappa shape index (κ1) is 15.1. The quantitative estimate of drug-likeness (QED) is 0.676. The molecule has 0 saturated heterocycles. The molecule has 0 rings (SSSR count). The average Bonchev–Trinajstić information content (AvgIpc) is 2.31. The number of alkyl carbamates (subject to hydrolysis) is 1. The minimum atomic E-state index is -0.846. The Kier molecular flexibility index (Phi) is 6.56. The number of hydrogen-bond donors (Lipinski definition) is 2. The first-order valence-electron chi connectivity index (χ1n) is 5.20. The van der Waals surface area contributed by atoms with Crippen LogP contribution >= 0.6 is 0 Å². The molecule has 0 saturated carbocycles. The van der Waals surface area contributed by atoms with E-state index in [1.54, 1.807) is 0 Å². The van der Waals surface area contributed by atoms with Crippen molar-refractivity contribution >= 4 is 12.2 Å². The van der Waals surface area contributed by atoms with Gasteiger partial charge in [0.15, 0.2) is 0 Å². The van der Waals surface area contributed by atoms with Crippen LogP contribution in [-0.4, -0.2) is 31.9 Å². The fourth-order valence-corrected chi connectivity index (χ4v) is 0.905. The summed E-state index contributed by atoms with van der Waals surface area (Å²) in [4.78, 5) is 21.6. The number of carbonyl (C=O) groups is 2. The van der Waals surface area contributed by atoms with E-state index in [-0.39, 0.29) is 19.8 Å². The molecule has 17 heavy (non-hydrogen) atoms. The molecular formula is C11H18N2O4. The maximum atomic E-state index is 11.1. The normalized spacial score (nSPS) is 13.0. The third-order valence-corrected chi connectivity index (χ3v) is 2.30. The van der Waals surface area contributed by atoms with Gasteiger partial charge in [0, 0.05) is 5.41 Å². The van der Waals surface area contributed by atoms with Crippen LogP contribution in [0.25, 0.3) is 0 Å². The molecular weight excluding hydrogens is 224 g/mol. The molecule has 6 nitrogen and oxygen atoms in total. The SMILES string of the molecule is C#CCNC(=O)OCC(C)(CC)COC(N)=O. The van der Waals surface area contributed by atoms with Crippen LogP contribution in [0.2, 0.25) is 0 Å². The summed E-state index contributed by atoms with van der Waals surface area (Å²) in [5, 5.41) is 2.36. The van der Waals surface area contributed by atoms with Gasteiger partial charge in [-0.15, -0.1) is 6.42 Å². The fraction of sp³-hybridized carbons (Fsp3) is 0.636. The fourth-order valence-electron chi connectivity index (χ4n) is 0.905. The summed E-state index contributed by atoms with van der Waals surface area (Å²) in [6.07, 6.45) is 4.20. The molecule has 0 aromatic heterocycles. The van der Waals surface area contributed by atoms with E-state index in [0.29, 0.717) is 6.42 Å². The van der Waals surface area contributed by atoms with E-state index in [2.05, 4.69) is 11.2 Å². The molecule has 6 heteroatoms. The van der Waals surface area contributed by atoms with Crippen LogP contribution in [0.15, 0.2) is 0 Å². The summed E-state index contributed by atoms with van der Waals surface area (Å²) >= 11 is 0. The Labute approximate surface area is 101 Å². The lowest BCUT2D eigenvalue weighted by atomic mass is 9.90. The zero-order valence-electron chi connectivity index (χ0n) is 10.1. The molecule has 0 heterocycles. The van der Waals surface area contributed by atoms with E-state index in [9.17, 15) is 9.59 Å². The van der Waals surface area contributed by atoms with E-state index < -0.39 is 17.6 Å². The van der Waals surface area contributed by atoms with Gasteiger partial charge >= 0.3 is 12.2 Å². The van der Waals surface area contributed by atoms with E-state index in [1.165, 1.54) is 0 Å². The maximum Gasteiger partial charge on any atom is 0.407 e. The van der Waals surface area contributed by atoms with Crippen molar-refractivity contribution in [2.75, 3.05) is 19.8 Å². The van der Waals surface area contributed by atoms with Crippen LogP contribution in [0.1, 0.15) is 20.3 Å². The Morgan fingerprint density at radius 1 is 1.41 bits per heavy atom. The third-order valence-electron chi connectivity index (χ3n) is 2.30. The van der Waals surface area contributed by atoms with Gasteiger partial charge in [0.2, 0.25) is 0 Å². The molecule has 0 spiro atoms. The Morgan fingerprint density at radius 2 is 2.00 bits per heavy atom. The van der Waals surface area contributed by atoms with Crippen molar-refractivity contribution in [3.8, 4) is 12.3 Å². The second kappa shape index (κ2) is 7.39. The smallest absolute Gasteiger partial charge is 0.407 e. The Morgan fingerprint density at radius 3 is 2.47 bits per heavy atom. The standard InChI is InChI=1S/C11H18N2O4/c1-4-6-13-10(15)17-8-11(3,5-2)7-16-9(12)14/h1H,5-8H2,2-3H3,(H2,12,14)(H,13,15). The molecule has 1 unspecified atom stereocenters. The number of nitrogens with one attached hydrogen (secondary N) is 1. The Hall–Kier alpha value is -1.90. The lowest BCUT2D eigenvalue weighted by Crippen LogP contribution is -2.34. The van der Waals surface area contributed by atoms with Gasteiger partial charge in [0.05, 0.1) is 6.54 Å². The second-order valence-corrected chi connectivity index (χ2v) is 3.91. The number of amides is 2. The molecule has 1 atom stereocenters. The van der Waals surface area contributed by atoms with Crippen molar-refractivity contribution in [3.05, 3.63) is 0 Å². The molecule has 0 aromatic rings. The van der Waals surface area contributed by atoms with Crippen LogP contribution in [0.5, 0.6) is 0 Å². The highest BCUT2D eigenvalue weighted by molar-refractivity contribution is 5.67. The topological polar surface area (TPSA) is 90.7 Å². The first-order valence-corrected chi connectivity index (χ1v) is 5.20. The van der Waals surface area contributed by atoms with Gasteiger partial charge in [-0.3, -0.25) is 0 Å². The number of terminal acetylenes is 1. The van der Waals surface area contributed by atoms with Crippen LogP contribution in [0.4, 0.5) is 9.59 Å². The number of ether oxygens (including phenoxy) is 2. The summed E-state index contributed by atoms with van der Waals surface area (Å²) in [6, 6.07) is 0. The molecule has 0 aliphatic carbocycles. The van der Waals surface area contributed by atoms with Crippen LogP contribution in [0.3, 0.4) is 0 Å². The van der Waals surface area contributed by atoms with E-state index in [1.807, 2.05) is 13.8 Å². The minimum Gasteiger partial charge on any atom is -0.449 e. The van der Waals surface area contributed by atoms with Gasteiger partial charge in [-0.05, 0) is 6.42 Å². The van der Waals surface area contributed by atoms with E-state index in [4.69, 9.17) is 21.6 Å². The highest BCUT2D eigenvalue weighted by Crippen LogP contribution is 2.21. The minimum absolute atomic E-state index is 0.0985. The number of hydrogen-bond acceptors (Lipinski definition) is 4. The van der Waals surface area contributed by atoms with E-state index in [0.717, 1.165) is 0 Å². The molecule has 0 aromatic carbocycles. The number of primary amides is 1. The predicted molar refractivity (Wildman–Crippen MR) is 62.1 cm³/mol. The van der Waals surface area contributed by atoms with Crippen LogP contribution in [0, 0.1) is 17.8 Å². The van der Waals surface area contributed by atoms with Gasteiger partial charge in [0.1, 0.15) is 13.2 Å². The highest BCUT2D eigenvalue weighted by atomic mass is 16.6. The average molecular weight is 242 g/mol. The van der Waals surface area contributed by atoms with Crippen LogP contribution < -0.4 is 11.1 Å². The molecule has 3 N–H and O–H groups in total. The van der Waals surface area contributed by atoms with Gasteiger partial charge in [-0.2, -0.15) is 0 Å². The molecule has 2 amide bonds. The van der Waals surface area contributed by atoms with Crippen molar-refractivity contribution in [2.24, 2.45) is 11.1 Å². The molecule has 0 fully saturated rings. The Bertz CT molecular complexity index is 311. The van der Waals surface area contributed by atoms with Gasteiger partial charge < -0.3 is 20.5 Å². The monoisotopic (exact) mass is 242 g/mol. The summed E-state index contributed by atoms with van der Waals surface area (Å²) in [7, 11) is 0. The molecule has 0 radical (unpaired) electrons. The lowest BCUT2D eigenvalue weighted by Gasteiger charge is -2.26. The number of rotatable bonds is 6. The first-order chi connectivity index (χ1) is 7.93. The second-order valence-electron chi connectivity index (χ2n) is 3.91. The van der Waals surface area contributed by atoms with Gasteiger partial charge in [-0.25, -0.2) is 9.59 Å². The zero-order valence-corrected chi connectivity index (χ0v) is 10.1. The maximum absolute atomic E-state index is 11.1. The summed E-state index contributed by atoms with van der Waals surface area (Å²) in [6.45, 7) is 4.05. The van der Waals surface area contributed by atoms with Gasteiger partial charge in [-0.1, -0.05) is 19.8 Å². The summed E-state index contributed by atoms with van der Waals surface area (Å²) < 4.78 is 9.66. The van der Waals surface area contributed by atoms with Crippen molar-refractivity contribution < 1.29 is 19.1 Å². The van der Waals surface area contributed by atoms with Crippen LogP contribution in [-0.2, 0) is 9.47 Å². The number of carbonyl (C=O) groups excluding carboxylic acids is 2. The van der Waals surface area contributed by atoms with Crippen molar-refractivity contribution in [1.82, 2.24) is 5.32 Å². The Balaban J connectivity index is 4.06. The third kappa shape index (κ3) is 7.06. The van der Waals surface area contributed by atoms with Gasteiger partial charge in [0.25, 0.3) is 0 Å². The van der Waals surface area contributed by atoms with E-state index >= 15 is 0 Å². The zero-order chi connectivity index (χ0) is 13.3. The molecule has 96 valence electrons. The van der Waals surface area contributed by atoms with Crippen molar-refractivity contribution in [3.63, 3.8) is 0 Å². The largest absolute Gasteiger partial charge is 0.449 e.